The van der Waals surface area contributed by atoms with Gasteiger partial charge in [-0.15, -0.1) is 0 Å². The molecule has 5 nitrogen and oxygen atoms in total. The first-order valence-corrected chi connectivity index (χ1v) is 10.5. The number of amides is 1. The number of nitrogens with zero attached hydrogens (tertiary/aromatic N) is 3. The molecule has 2 atom stereocenters. The van der Waals surface area contributed by atoms with Crippen LogP contribution in [0.5, 0.6) is 0 Å². The van der Waals surface area contributed by atoms with E-state index in [2.05, 4.69) is 46.1 Å². The normalized spacial score (nSPS) is 20.1. The number of piperazine rings is 1. The van der Waals surface area contributed by atoms with Gasteiger partial charge in [0.2, 0.25) is 0 Å². The van der Waals surface area contributed by atoms with Crippen LogP contribution in [0.3, 0.4) is 0 Å². The molecule has 3 aromatic heterocycles. The van der Waals surface area contributed by atoms with Gasteiger partial charge in [-0.3, -0.25) is 9.20 Å². The monoisotopic (exact) mass is 390 g/mol. The molecule has 28 heavy (non-hydrogen) atoms. The number of carbonyl (C=O) groups excluding carboxylic acids is 1. The Labute approximate surface area is 167 Å². The van der Waals surface area contributed by atoms with E-state index in [1.54, 1.807) is 11.3 Å². The van der Waals surface area contributed by atoms with Gasteiger partial charge in [-0.05, 0) is 30.7 Å². The highest BCUT2D eigenvalue weighted by Gasteiger charge is 2.27. The van der Waals surface area contributed by atoms with Crippen LogP contribution in [-0.2, 0) is 0 Å². The van der Waals surface area contributed by atoms with Gasteiger partial charge in [-0.25, -0.2) is 4.98 Å². The Morgan fingerprint density at radius 2 is 1.89 bits per heavy atom. The quantitative estimate of drug-likeness (QED) is 0.562. The van der Waals surface area contributed by atoms with E-state index in [4.69, 9.17) is 0 Å². The van der Waals surface area contributed by atoms with E-state index in [9.17, 15) is 4.79 Å². The van der Waals surface area contributed by atoms with Gasteiger partial charge >= 0.3 is 0 Å². The summed E-state index contributed by atoms with van der Waals surface area (Å²) in [5.74, 6) is 0.960. The summed E-state index contributed by atoms with van der Waals surface area (Å²) in [6, 6.07) is 10.8. The summed E-state index contributed by atoms with van der Waals surface area (Å²) in [6.07, 6.45) is 3.87. The number of thiophene rings is 1. The minimum absolute atomic E-state index is 0.0864. The molecular formula is C22H22N4OS. The van der Waals surface area contributed by atoms with Crippen LogP contribution in [-0.4, -0.2) is 45.4 Å². The van der Waals surface area contributed by atoms with Crippen LogP contribution in [0, 0.1) is 0 Å². The number of nitrogens with one attached hydrogen (secondary N) is 1. The lowest BCUT2D eigenvalue weighted by Crippen LogP contribution is -2.55. The Balaban J connectivity index is 1.70. The Bertz CT molecular complexity index is 1150. The maximum atomic E-state index is 13.5. The molecule has 0 spiro atoms. The van der Waals surface area contributed by atoms with Gasteiger partial charge in [0.1, 0.15) is 5.82 Å². The summed E-state index contributed by atoms with van der Waals surface area (Å²) >= 11 is 1.65. The van der Waals surface area contributed by atoms with E-state index < -0.39 is 0 Å². The van der Waals surface area contributed by atoms with Crippen LogP contribution in [0.15, 0.2) is 53.5 Å². The third-order valence-electron chi connectivity index (χ3n) is 5.40. The van der Waals surface area contributed by atoms with Crippen LogP contribution in [0.1, 0.15) is 24.2 Å². The molecule has 1 aliphatic rings. The molecule has 1 amide bonds. The van der Waals surface area contributed by atoms with Crippen molar-refractivity contribution < 1.29 is 4.79 Å². The topological polar surface area (TPSA) is 49.6 Å². The molecule has 0 aliphatic carbocycles. The summed E-state index contributed by atoms with van der Waals surface area (Å²) in [5, 5.41) is 9.67. The number of hydrogen-bond donors (Lipinski definition) is 1. The first-order valence-electron chi connectivity index (χ1n) is 9.58. The number of benzene rings is 1. The number of pyridine rings is 1. The van der Waals surface area contributed by atoms with E-state index in [0.717, 1.165) is 46.3 Å². The number of aromatic nitrogens is 2. The maximum absolute atomic E-state index is 13.5. The second kappa shape index (κ2) is 6.72. The Morgan fingerprint density at radius 1 is 1.14 bits per heavy atom. The van der Waals surface area contributed by atoms with Gasteiger partial charge in [-0.2, -0.15) is 11.3 Å². The molecule has 0 unspecified atom stereocenters. The van der Waals surface area contributed by atoms with Crippen molar-refractivity contribution in [2.24, 2.45) is 0 Å². The summed E-state index contributed by atoms with van der Waals surface area (Å²) in [5.41, 5.74) is 2.83. The number of hydrogen-bond acceptors (Lipinski definition) is 4. The van der Waals surface area contributed by atoms with Crippen LogP contribution < -0.4 is 5.32 Å². The van der Waals surface area contributed by atoms with E-state index in [0.29, 0.717) is 0 Å². The lowest BCUT2D eigenvalue weighted by atomic mass is 10.0. The van der Waals surface area contributed by atoms with E-state index >= 15 is 0 Å². The largest absolute Gasteiger partial charge is 0.335 e. The highest BCUT2D eigenvalue weighted by Crippen LogP contribution is 2.30. The number of fused-ring (bicyclic) bond motifs is 3. The predicted molar refractivity (Wildman–Crippen MR) is 114 cm³/mol. The molecule has 0 radical (unpaired) electrons. The molecule has 1 fully saturated rings. The molecule has 1 N–H and O–H groups in total. The van der Waals surface area contributed by atoms with Gasteiger partial charge in [0.15, 0.2) is 0 Å². The van der Waals surface area contributed by atoms with Crippen molar-refractivity contribution in [2.45, 2.75) is 25.9 Å². The van der Waals surface area contributed by atoms with Crippen molar-refractivity contribution in [3.05, 3.63) is 59.0 Å². The average Bonchev–Trinajstić information content (AvgIpc) is 3.35. The molecule has 1 aromatic carbocycles. The van der Waals surface area contributed by atoms with Gasteiger partial charge in [0, 0.05) is 47.7 Å². The predicted octanol–water partition coefficient (Wildman–Crippen LogP) is 4.04. The maximum Gasteiger partial charge on any atom is 0.256 e. The van der Waals surface area contributed by atoms with Crippen LogP contribution >= 0.6 is 11.3 Å². The zero-order valence-corrected chi connectivity index (χ0v) is 16.7. The number of rotatable bonds is 2. The second-order valence-electron chi connectivity index (χ2n) is 7.62. The molecule has 0 bridgehead atoms. The summed E-state index contributed by atoms with van der Waals surface area (Å²) in [4.78, 5) is 20.2. The smallest absolute Gasteiger partial charge is 0.256 e. The van der Waals surface area contributed by atoms with E-state index in [-0.39, 0.29) is 18.0 Å². The zero-order valence-electron chi connectivity index (χ0n) is 15.9. The first kappa shape index (κ1) is 17.4. The minimum atomic E-state index is 0.0864. The Kier molecular flexibility index (Phi) is 4.18. The lowest BCUT2D eigenvalue weighted by molar-refractivity contribution is 0.0675. The van der Waals surface area contributed by atoms with Crippen molar-refractivity contribution in [3.63, 3.8) is 0 Å². The molecule has 4 aromatic rings. The summed E-state index contributed by atoms with van der Waals surface area (Å²) in [6.45, 7) is 5.69. The van der Waals surface area contributed by atoms with Crippen LogP contribution in [0.25, 0.3) is 27.7 Å². The number of imidazole rings is 1. The number of carbonyl (C=O) groups is 1. The third kappa shape index (κ3) is 2.80. The van der Waals surface area contributed by atoms with Crippen molar-refractivity contribution in [3.8, 4) is 11.4 Å². The SMILES string of the molecule is C[C@@H]1CN(C(=O)c2cn3c(-c4ccsc4)ncc3c3ccccc23)C[C@H](C)N1. The highest BCUT2D eigenvalue weighted by atomic mass is 32.1. The Morgan fingerprint density at radius 3 is 2.61 bits per heavy atom. The van der Waals surface area contributed by atoms with Crippen molar-refractivity contribution in [1.29, 1.82) is 0 Å². The Hall–Kier alpha value is -2.70. The fourth-order valence-electron chi connectivity index (χ4n) is 4.27. The summed E-state index contributed by atoms with van der Waals surface area (Å²) < 4.78 is 2.06. The lowest BCUT2D eigenvalue weighted by Gasteiger charge is -2.36. The van der Waals surface area contributed by atoms with Gasteiger partial charge < -0.3 is 10.2 Å². The molecule has 142 valence electrons. The molecule has 4 heterocycles. The van der Waals surface area contributed by atoms with E-state index in [1.807, 2.05) is 40.9 Å². The standard InChI is InChI=1S/C22H22N4OS/c1-14-10-25(11-15(2)24-14)22(27)19-12-26-20(18-6-4-3-5-17(18)19)9-23-21(26)16-7-8-28-13-16/h3-9,12-15,24H,10-11H2,1-2H3/t14-,15+. The van der Waals surface area contributed by atoms with Crippen LogP contribution in [0.4, 0.5) is 0 Å². The van der Waals surface area contributed by atoms with Crippen molar-refractivity contribution in [2.75, 3.05) is 13.1 Å². The molecule has 0 saturated carbocycles. The summed E-state index contributed by atoms with van der Waals surface area (Å²) in [7, 11) is 0. The zero-order chi connectivity index (χ0) is 19.3. The third-order valence-corrected chi connectivity index (χ3v) is 6.09. The van der Waals surface area contributed by atoms with Gasteiger partial charge in [0.25, 0.3) is 5.91 Å². The first-order chi connectivity index (χ1) is 13.6. The molecule has 1 aliphatic heterocycles. The minimum Gasteiger partial charge on any atom is -0.335 e. The van der Waals surface area contributed by atoms with Gasteiger partial charge in [0.05, 0.1) is 17.3 Å². The highest BCUT2D eigenvalue weighted by molar-refractivity contribution is 7.08. The fraction of sp³-hybridized carbons (Fsp3) is 0.273. The van der Waals surface area contributed by atoms with Crippen molar-refractivity contribution in [1.82, 2.24) is 19.6 Å². The van der Waals surface area contributed by atoms with Gasteiger partial charge in [-0.1, -0.05) is 24.3 Å². The molecule has 1 saturated heterocycles. The van der Waals surface area contributed by atoms with Crippen molar-refractivity contribution >= 4 is 33.5 Å². The molecular weight excluding hydrogens is 368 g/mol. The van der Waals surface area contributed by atoms with Crippen LogP contribution in [0.2, 0.25) is 0 Å². The molecule has 5 rings (SSSR count). The second-order valence-corrected chi connectivity index (χ2v) is 8.40. The molecule has 6 heteroatoms. The fourth-order valence-corrected chi connectivity index (χ4v) is 4.90. The average molecular weight is 391 g/mol. The van der Waals surface area contributed by atoms with E-state index in [1.165, 1.54) is 0 Å².